The molecule has 22 heavy (non-hydrogen) atoms. The molecule has 0 aromatic carbocycles. The molecule has 0 fully saturated rings. The molecule has 0 aliphatic heterocycles. The summed E-state index contributed by atoms with van der Waals surface area (Å²) in [5, 5.41) is 11.6. The van der Waals surface area contributed by atoms with Crippen molar-refractivity contribution in [1.29, 1.82) is 0 Å². The van der Waals surface area contributed by atoms with Crippen molar-refractivity contribution >= 4 is 23.2 Å². The summed E-state index contributed by atoms with van der Waals surface area (Å²) < 4.78 is 9.99. The Morgan fingerprint density at radius 3 is 2.59 bits per heavy atom. The summed E-state index contributed by atoms with van der Waals surface area (Å²) >= 11 is 1.01. The third kappa shape index (κ3) is 4.45. The highest BCUT2D eigenvalue weighted by molar-refractivity contribution is 7.12. The van der Waals surface area contributed by atoms with Gasteiger partial charge in [0.25, 0.3) is 5.91 Å². The summed E-state index contributed by atoms with van der Waals surface area (Å²) in [5.74, 6) is -1.23. The van der Waals surface area contributed by atoms with Crippen LogP contribution < -0.4 is 0 Å². The molecule has 0 saturated heterocycles. The van der Waals surface area contributed by atoms with Gasteiger partial charge < -0.3 is 19.5 Å². The molecular formula is C15H23NO5S. The number of hydrogen-bond donors (Lipinski definition) is 1. The van der Waals surface area contributed by atoms with Gasteiger partial charge in [-0.05, 0) is 20.3 Å². The van der Waals surface area contributed by atoms with Crippen LogP contribution in [0.15, 0.2) is 5.38 Å². The van der Waals surface area contributed by atoms with Gasteiger partial charge in [0.2, 0.25) is 0 Å². The molecule has 0 saturated carbocycles. The van der Waals surface area contributed by atoms with Crippen LogP contribution in [0.2, 0.25) is 0 Å². The first-order chi connectivity index (χ1) is 10.4. The molecule has 0 aliphatic carbocycles. The van der Waals surface area contributed by atoms with Crippen LogP contribution in [0, 0.1) is 0 Å². The minimum atomic E-state index is -0.601. The summed E-state index contributed by atoms with van der Waals surface area (Å²) in [6.07, 6.45) is 0.696. The van der Waals surface area contributed by atoms with Crippen molar-refractivity contribution in [1.82, 2.24) is 4.90 Å². The number of esters is 1. The fourth-order valence-electron chi connectivity index (χ4n) is 1.85. The highest BCUT2D eigenvalue weighted by Crippen LogP contribution is 2.31. The molecule has 1 aromatic rings. The van der Waals surface area contributed by atoms with Crippen LogP contribution in [0.3, 0.4) is 0 Å². The number of methoxy groups -OCH3 is 1. The fourth-order valence-corrected chi connectivity index (χ4v) is 2.67. The zero-order chi connectivity index (χ0) is 16.7. The van der Waals surface area contributed by atoms with E-state index in [0.29, 0.717) is 19.6 Å². The van der Waals surface area contributed by atoms with Gasteiger partial charge in [-0.25, -0.2) is 4.79 Å². The standard InChI is InChI=1S/C15H23NO5S/c1-5-7-21-15(19)13-12(17)11(9-22-13)14(18)16(10(2)3)6-8-20-4/h9-10,17H,5-8H2,1-4H3. The number of rotatable bonds is 8. The van der Waals surface area contributed by atoms with E-state index in [0.717, 1.165) is 11.3 Å². The smallest absolute Gasteiger partial charge is 0.352 e. The van der Waals surface area contributed by atoms with Crippen molar-refractivity contribution in [3.05, 3.63) is 15.8 Å². The first-order valence-electron chi connectivity index (χ1n) is 7.21. The predicted molar refractivity (Wildman–Crippen MR) is 84.6 cm³/mol. The second kappa shape index (κ2) is 8.75. The largest absolute Gasteiger partial charge is 0.505 e. The number of carbonyl (C=O) groups is 2. The van der Waals surface area contributed by atoms with E-state index in [4.69, 9.17) is 9.47 Å². The Balaban J connectivity index is 2.94. The molecule has 124 valence electrons. The highest BCUT2D eigenvalue weighted by atomic mass is 32.1. The van der Waals surface area contributed by atoms with Crippen molar-refractivity contribution in [2.24, 2.45) is 0 Å². The number of hydrogen-bond acceptors (Lipinski definition) is 6. The first-order valence-corrected chi connectivity index (χ1v) is 8.09. The maximum atomic E-state index is 12.5. The lowest BCUT2D eigenvalue weighted by Crippen LogP contribution is -2.39. The summed E-state index contributed by atoms with van der Waals surface area (Å²) in [7, 11) is 1.56. The molecule has 1 heterocycles. The summed E-state index contributed by atoms with van der Waals surface area (Å²) in [6, 6.07) is -0.0440. The lowest BCUT2D eigenvalue weighted by molar-refractivity contribution is 0.0508. The lowest BCUT2D eigenvalue weighted by Gasteiger charge is -2.26. The molecule has 0 radical (unpaired) electrons. The minimum Gasteiger partial charge on any atom is -0.505 e. The zero-order valence-corrected chi connectivity index (χ0v) is 14.2. The second-order valence-corrected chi connectivity index (χ2v) is 5.93. The van der Waals surface area contributed by atoms with Crippen LogP contribution in [0.1, 0.15) is 47.2 Å². The van der Waals surface area contributed by atoms with Gasteiger partial charge in [0.15, 0.2) is 10.6 Å². The third-order valence-corrected chi connectivity index (χ3v) is 3.99. The Hall–Kier alpha value is -1.60. The van der Waals surface area contributed by atoms with E-state index in [1.54, 1.807) is 12.0 Å². The maximum absolute atomic E-state index is 12.5. The van der Waals surface area contributed by atoms with Gasteiger partial charge >= 0.3 is 5.97 Å². The number of nitrogens with zero attached hydrogens (tertiary/aromatic N) is 1. The Labute approximate surface area is 134 Å². The van der Waals surface area contributed by atoms with Gasteiger partial charge in [0.05, 0.1) is 18.8 Å². The molecule has 6 nitrogen and oxygen atoms in total. The van der Waals surface area contributed by atoms with E-state index in [1.165, 1.54) is 5.38 Å². The average molecular weight is 329 g/mol. The molecule has 1 rings (SSSR count). The van der Waals surface area contributed by atoms with E-state index < -0.39 is 5.97 Å². The van der Waals surface area contributed by atoms with Crippen LogP contribution in [0.4, 0.5) is 0 Å². The number of ether oxygens (including phenoxy) is 2. The first kappa shape index (κ1) is 18.4. The molecule has 0 bridgehead atoms. The van der Waals surface area contributed by atoms with Crippen LogP contribution in [-0.4, -0.2) is 54.8 Å². The average Bonchev–Trinajstić information content (AvgIpc) is 2.86. The molecule has 1 N–H and O–H groups in total. The summed E-state index contributed by atoms with van der Waals surface area (Å²) in [4.78, 5) is 26.0. The SMILES string of the molecule is CCCOC(=O)c1scc(C(=O)N(CCOC)C(C)C)c1O. The Morgan fingerprint density at radius 1 is 1.36 bits per heavy atom. The van der Waals surface area contributed by atoms with Gasteiger partial charge in [0, 0.05) is 25.1 Å². The Morgan fingerprint density at radius 2 is 2.05 bits per heavy atom. The van der Waals surface area contributed by atoms with Crippen LogP contribution in [-0.2, 0) is 9.47 Å². The van der Waals surface area contributed by atoms with Gasteiger partial charge in [-0.3, -0.25) is 4.79 Å². The topological polar surface area (TPSA) is 76.1 Å². The fraction of sp³-hybridized carbons (Fsp3) is 0.600. The highest BCUT2D eigenvalue weighted by Gasteiger charge is 2.27. The summed E-state index contributed by atoms with van der Waals surface area (Å²) in [6.45, 7) is 6.75. The minimum absolute atomic E-state index is 0.0440. The molecule has 0 aliphatic rings. The van der Waals surface area contributed by atoms with Crippen molar-refractivity contribution in [2.75, 3.05) is 26.9 Å². The summed E-state index contributed by atoms with van der Waals surface area (Å²) in [5.41, 5.74) is 0.123. The quantitative estimate of drug-likeness (QED) is 0.742. The van der Waals surface area contributed by atoms with Crippen LogP contribution in [0.5, 0.6) is 5.75 Å². The van der Waals surface area contributed by atoms with E-state index in [-0.39, 0.29) is 34.7 Å². The molecule has 7 heteroatoms. The van der Waals surface area contributed by atoms with Crippen molar-refractivity contribution < 1.29 is 24.2 Å². The number of thiophene rings is 1. The number of amides is 1. The maximum Gasteiger partial charge on any atom is 0.352 e. The van der Waals surface area contributed by atoms with Crippen molar-refractivity contribution in [3.8, 4) is 5.75 Å². The Kier molecular flexibility index (Phi) is 7.34. The van der Waals surface area contributed by atoms with E-state index in [2.05, 4.69) is 0 Å². The third-order valence-electron chi connectivity index (χ3n) is 3.04. The van der Waals surface area contributed by atoms with Crippen LogP contribution in [0.25, 0.3) is 0 Å². The molecule has 0 atom stereocenters. The number of carbonyl (C=O) groups excluding carboxylic acids is 2. The molecule has 1 amide bonds. The van der Waals surface area contributed by atoms with Crippen molar-refractivity contribution in [2.45, 2.75) is 33.2 Å². The monoisotopic (exact) mass is 329 g/mol. The normalized spacial score (nSPS) is 10.8. The van der Waals surface area contributed by atoms with Gasteiger partial charge in [-0.15, -0.1) is 11.3 Å². The van der Waals surface area contributed by atoms with Gasteiger partial charge in [0.1, 0.15) is 0 Å². The van der Waals surface area contributed by atoms with Gasteiger partial charge in [-0.2, -0.15) is 0 Å². The second-order valence-electron chi connectivity index (χ2n) is 5.05. The molecule has 0 unspecified atom stereocenters. The molecule has 0 spiro atoms. The molecular weight excluding hydrogens is 306 g/mol. The zero-order valence-electron chi connectivity index (χ0n) is 13.4. The van der Waals surface area contributed by atoms with Crippen LogP contribution >= 0.6 is 11.3 Å². The van der Waals surface area contributed by atoms with Crippen molar-refractivity contribution in [3.63, 3.8) is 0 Å². The Bertz CT molecular complexity index is 512. The van der Waals surface area contributed by atoms with E-state index in [9.17, 15) is 14.7 Å². The van der Waals surface area contributed by atoms with Gasteiger partial charge in [-0.1, -0.05) is 6.92 Å². The molecule has 1 aromatic heterocycles. The lowest BCUT2D eigenvalue weighted by atomic mass is 10.2. The van der Waals surface area contributed by atoms with E-state index in [1.807, 2.05) is 20.8 Å². The van der Waals surface area contributed by atoms with E-state index >= 15 is 0 Å². The predicted octanol–water partition coefficient (Wildman–Crippen LogP) is 2.52. The number of aromatic hydroxyl groups is 1.